The number of carbonyl (C=O) groups excluding carboxylic acids is 1. The zero-order chi connectivity index (χ0) is 15.9. The van der Waals surface area contributed by atoms with Gasteiger partial charge in [-0.15, -0.1) is 11.3 Å². The number of aliphatic hydroxyl groups is 1. The summed E-state index contributed by atoms with van der Waals surface area (Å²) in [5.41, 5.74) is 1.09. The molecule has 1 aromatic heterocycles. The van der Waals surface area contributed by atoms with Gasteiger partial charge < -0.3 is 15.2 Å². The number of ether oxygens (including phenoxy) is 1. The monoisotopic (exact) mass is 320 g/mol. The topological polar surface area (TPSA) is 71.5 Å². The maximum atomic E-state index is 11.9. The maximum absolute atomic E-state index is 11.9. The Balaban J connectivity index is 1.75. The van der Waals surface area contributed by atoms with Gasteiger partial charge in [-0.3, -0.25) is 4.79 Å². The average molecular weight is 320 g/mol. The third-order valence-electron chi connectivity index (χ3n) is 3.01. The lowest BCUT2D eigenvalue weighted by atomic mass is 10.2. The van der Waals surface area contributed by atoms with E-state index in [9.17, 15) is 9.90 Å². The number of hydrogen-bond donors (Lipinski definition) is 2. The van der Waals surface area contributed by atoms with E-state index in [1.54, 1.807) is 6.20 Å². The van der Waals surface area contributed by atoms with E-state index < -0.39 is 6.10 Å². The number of aliphatic hydroxyl groups excluding tert-OH is 1. The number of carbonyl (C=O) groups is 1. The minimum atomic E-state index is -0.761. The normalized spacial score (nSPS) is 12.0. The predicted molar refractivity (Wildman–Crippen MR) is 86.5 cm³/mol. The van der Waals surface area contributed by atoms with Crippen molar-refractivity contribution in [3.63, 3.8) is 0 Å². The first-order valence-electron chi connectivity index (χ1n) is 7.19. The summed E-state index contributed by atoms with van der Waals surface area (Å²) < 4.78 is 5.50. The van der Waals surface area contributed by atoms with Crippen LogP contribution in [0.5, 0.6) is 5.75 Å². The zero-order valence-electron chi connectivity index (χ0n) is 12.7. The van der Waals surface area contributed by atoms with Crippen LogP contribution in [0.2, 0.25) is 0 Å². The summed E-state index contributed by atoms with van der Waals surface area (Å²) in [7, 11) is 0. The van der Waals surface area contributed by atoms with Crippen molar-refractivity contribution in [1.82, 2.24) is 10.3 Å². The molecule has 0 fully saturated rings. The zero-order valence-corrected chi connectivity index (χ0v) is 13.5. The molecule has 0 saturated carbocycles. The van der Waals surface area contributed by atoms with Crippen molar-refractivity contribution >= 4 is 17.2 Å². The first kappa shape index (κ1) is 16.5. The van der Waals surface area contributed by atoms with E-state index in [-0.39, 0.29) is 19.1 Å². The Kier molecular flexibility index (Phi) is 5.91. The minimum Gasteiger partial charge on any atom is -0.491 e. The van der Waals surface area contributed by atoms with E-state index in [0.717, 1.165) is 17.0 Å². The van der Waals surface area contributed by atoms with Gasteiger partial charge in [-0.05, 0) is 31.0 Å². The van der Waals surface area contributed by atoms with Gasteiger partial charge in [-0.25, -0.2) is 4.98 Å². The van der Waals surface area contributed by atoms with Gasteiger partial charge >= 0.3 is 0 Å². The molecule has 0 aliphatic heterocycles. The van der Waals surface area contributed by atoms with Gasteiger partial charge in [0.05, 0.1) is 11.2 Å². The molecule has 22 heavy (non-hydrogen) atoms. The number of benzene rings is 1. The van der Waals surface area contributed by atoms with Crippen LogP contribution in [-0.4, -0.2) is 35.3 Å². The molecule has 0 radical (unpaired) electrons. The van der Waals surface area contributed by atoms with E-state index in [4.69, 9.17) is 4.74 Å². The van der Waals surface area contributed by atoms with Gasteiger partial charge in [-0.2, -0.15) is 0 Å². The number of thiazole rings is 1. The fourth-order valence-corrected chi connectivity index (χ4v) is 2.61. The van der Waals surface area contributed by atoms with Crippen molar-refractivity contribution in [3.05, 3.63) is 45.9 Å². The first-order chi connectivity index (χ1) is 10.6. The highest BCUT2D eigenvalue weighted by Gasteiger charge is 2.12. The molecule has 5 nitrogen and oxygen atoms in total. The smallest absolute Gasteiger partial charge is 0.263 e. The molecule has 0 aliphatic rings. The molecular weight excluding hydrogens is 300 g/mol. The second kappa shape index (κ2) is 7.91. The van der Waals surface area contributed by atoms with Crippen molar-refractivity contribution in [2.45, 2.75) is 26.4 Å². The standard InChI is InChI=1S/C16H20N2O3S/c1-3-15-17-9-14(22-15)16(20)18-8-12(19)10-21-13-6-4-5-11(2)7-13/h4-7,9,12,19H,3,8,10H2,1-2H3,(H,18,20). The van der Waals surface area contributed by atoms with Gasteiger partial charge in [0.2, 0.25) is 0 Å². The molecule has 1 heterocycles. The summed E-state index contributed by atoms with van der Waals surface area (Å²) in [6, 6.07) is 7.61. The number of rotatable bonds is 7. The number of aryl methyl sites for hydroxylation is 2. The van der Waals surface area contributed by atoms with Crippen LogP contribution < -0.4 is 10.1 Å². The average Bonchev–Trinajstić information content (AvgIpc) is 3.00. The molecule has 0 bridgehead atoms. The quantitative estimate of drug-likeness (QED) is 0.820. The van der Waals surface area contributed by atoms with Crippen LogP contribution in [-0.2, 0) is 6.42 Å². The van der Waals surface area contributed by atoms with E-state index in [1.807, 2.05) is 38.1 Å². The van der Waals surface area contributed by atoms with Crippen LogP contribution >= 0.6 is 11.3 Å². The fourth-order valence-electron chi connectivity index (χ4n) is 1.83. The summed E-state index contributed by atoms with van der Waals surface area (Å²) >= 11 is 1.37. The summed E-state index contributed by atoms with van der Waals surface area (Å²) in [5.74, 6) is 0.493. The summed E-state index contributed by atoms with van der Waals surface area (Å²) in [6.07, 6.45) is 1.61. The summed E-state index contributed by atoms with van der Waals surface area (Å²) in [6.45, 7) is 4.24. The highest BCUT2D eigenvalue weighted by Crippen LogP contribution is 2.14. The molecule has 2 aromatic rings. The highest BCUT2D eigenvalue weighted by atomic mass is 32.1. The van der Waals surface area contributed by atoms with Gasteiger partial charge in [0.15, 0.2) is 0 Å². The lowest BCUT2D eigenvalue weighted by molar-refractivity contribution is 0.0846. The van der Waals surface area contributed by atoms with Crippen molar-refractivity contribution in [3.8, 4) is 5.75 Å². The molecule has 1 atom stereocenters. The van der Waals surface area contributed by atoms with E-state index in [1.165, 1.54) is 11.3 Å². The molecule has 1 unspecified atom stereocenters. The first-order valence-corrected chi connectivity index (χ1v) is 8.00. The number of nitrogens with one attached hydrogen (secondary N) is 1. The summed E-state index contributed by atoms with van der Waals surface area (Å²) in [5, 5.41) is 13.5. The lowest BCUT2D eigenvalue weighted by Gasteiger charge is -2.13. The second-order valence-corrected chi connectivity index (χ2v) is 6.08. The molecule has 6 heteroatoms. The fraction of sp³-hybridized carbons (Fsp3) is 0.375. The Morgan fingerprint density at radius 2 is 2.32 bits per heavy atom. The molecule has 1 amide bonds. The van der Waals surface area contributed by atoms with Crippen LogP contribution in [0.25, 0.3) is 0 Å². The maximum Gasteiger partial charge on any atom is 0.263 e. The summed E-state index contributed by atoms with van der Waals surface area (Å²) in [4.78, 5) is 16.6. The number of amides is 1. The highest BCUT2D eigenvalue weighted by molar-refractivity contribution is 7.13. The molecule has 1 aromatic carbocycles. The molecule has 2 rings (SSSR count). The van der Waals surface area contributed by atoms with Crippen molar-refractivity contribution in [1.29, 1.82) is 0 Å². The lowest BCUT2D eigenvalue weighted by Crippen LogP contribution is -2.35. The van der Waals surface area contributed by atoms with Gasteiger partial charge in [0, 0.05) is 6.54 Å². The van der Waals surface area contributed by atoms with Crippen LogP contribution in [0.3, 0.4) is 0 Å². The third kappa shape index (κ3) is 4.82. The number of hydrogen-bond acceptors (Lipinski definition) is 5. The van der Waals surface area contributed by atoms with E-state index >= 15 is 0 Å². The number of nitrogens with zero attached hydrogens (tertiary/aromatic N) is 1. The van der Waals surface area contributed by atoms with Crippen LogP contribution in [0, 0.1) is 6.92 Å². The molecule has 2 N–H and O–H groups in total. The SMILES string of the molecule is CCc1ncc(C(=O)NCC(O)COc2cccc(C)c2)s1. The minimum absolute atomic E-state index is 0.132. The predicted octanol–water partition coefficient (Wildman–Crippen LogP) is 2.18. The Morgan fingerprint density at radius 3 is 3.00 bits per heavy atom. The second-order valence-electron chi connectivity index (χ2n) is 4.96. The largest absolute Gasteiger partial charge is 0.491 e. The van der Waals surface area contributed by atoms with Gasteiger partial charge in [-0.1, -0.05) is 19.1 Å². The Morgan fingerprint density at radius 1 is 1.50 bits per heavy atom. The Labute approximate surface area is 134 Å². The van der Waals surface area contributed by atoms with Crippen LogP contribution in [0.1, 0.15) is 27.2 Å². The molecule has 118 valence electrons. The van der Waals surface area contributed by atoms with E-state index in [0.29, 0.717) is 10.6 Å². The van der Waals surface area contributed by atoms with Crippen molar-refractivity contribution in [2.24, 2.45) is 0 Å². The Hall–Kier alpha value is -1.92. The van der Waals surface area contributed by atoms with E-state index in [2.05, 4.69) is 10.3 Å². The Bertz CT molecular complexity index is 627. The molecule has 0 aliphatic carbocycles. The number of aromatic nitrogens is 1. The van der Waals surface area contributed by atoms with Gasteiger partial charge in [0.1, 0.15) is 23.3 Å². The van der Waals surface area contributed by atoms with Crippen molar-refractivity contribution in [2.75, 3.05) is 13.2 Å². The molecular formula is C16H20N2O3S. The van der Waals surface area contributed by atoms with Crippen LogP contribution in [0.4, 0.5) is 0 Å². The third-order valence-corrected chi connectivity index (χ3v) is 4.15. The molecule has 0 spiro atoms. The van der Waals surface area contributed by atoms with Gasteiger partial charge in [0.25, 0.3) is 5.91 Å². The van der Waals surface area contributed by atoms with Crippen molar-refractivity contribution < 1.29 is 14.6 Å². The van der Waals surface area contributed by atoms with Crippen LogP contribution in [0.15, 0.2) is 30.5 Å². The molecule has 0 saturated heterocycles.